The normalized spacial score (nSPS) is 19.1. The van der Waals surface area contributed by atoms with Crippen LogP contribution in [0, 0.1) is 10.8 Å². The molecule has 2 atom stereocenters. The minimum absolute atomic E-state index is 0.0184. The molecule has 10 heteroatoms. The molecule has 0 heterocycles. The fraction of sp³-hybridized carbons (Fsp3) is 0.477. The van der Waals surface area contributed by atoms with Crippen molar-refractivity contribution < 1.29 is 33.0 Å². The Morgan fingerprint density at radius 1 is 0.796 bits per heavy atom. The maximum atomic E-state index is 13.4. The summed E-state index contributed by atoms with van der Waals surface area (Å²) in [6.45, 7) is 18.4. The lowest BCUT2D eigenvalue weighted by molar-refractivity contribution is -0.168. The number of carbonyl (C=O) groups is 3. The van der Waals surface area contributed by atoms with Crippen LogP contribution in [0.4, 0.5) is 0 Å². The van der Waals surface area contributed by atoms with E-state index in [1.54, 1.807) is 12.2 Å². The number of ether oxygens (including phenoxy) is 3. The highest BCUT2D eigenvalue weighted by atomic mass is 28.4. The first-order valence-electron chi connectivity index (χ1n) is 18.7. The Labute approximate surface area is 324 Å². The molecule has 294 valence electrons. The van der Waals surface area contributed by atoms with Crippen molar-refractivity contribution in [2.45, 2.75) is 83.3 Å². The molecule has 1 saturated carbocycles. The van der Waals surface area contributed by atoms with E-state index in [-0.39, 0.29) is 30.3 Å². The predicted octanol–water partition coefficient (Wildman–Crippen LogP) is 7.96. The van der Waals surface area contributed by atoms with Crippen LogP contribution in [-0.2, 0) is 46.1 Å². The Morgan fingerprint density at radius 2 is 1.33 bits per heavy atom. The summed E-state index contributed by atoms with van der Waals surface area (Å²) >= 11 is 0. The van der Waals surface area contributed by atoms with Crippen molar-refractivity contribution in [3.8, 4) is 0 Å². The quantitative estimate of drug-likeness (QED) is 0.0320. The molecule has 3 rings (SSSR count). The second-order valence-electron chi connectivity index (χ2n) is 15.6. The molecule has 0 aliphatic heterocycles. The van der Waals surface area contributed by atoms with E-state index < -0.39 is 36.7 Å². The number of benzene rings is 2. The molecule has 54 heavy (non-hydrogen) atoms. The average molecular weight is 759 g/mol. The van der Waals surface area contributed by atoms with Crippen molar-refractivity contribution in [3.05, 3.63) is 121 Å². The van der Waals surface area contributed by atoms with Gasteiger partial charge in [-0.1, -0.05) is 124 Å². The molecule has 0 amide bonds. The zero-order chi connectivity index (χ0) is 39.9. The third kappa shape index (κ3) is 11.2. The van der Waals surface area contributed by atoms with Gasteiger partial charge >= 0.3 is 17.9 Å². The van der Waals surface area contributed by atoms with Gasteiger partial charge in [0, 0.05) is 32.7 Å². The Morgan fingerprint density at radius 3 is 1.85 bits per heavy atom. The van der Waals surface area contributed by atoms with Crippen molar-refractivity contribution in [3.63, 3.8) is 0 Å². The van der Waals surface area contributed by atoms with Crippen LogP contribution in [-0.4, -0.2) is 77.7 Å². The Kier molecular flexibility index (Phi) is 16.4. The van der Waals surface area contributed by atoms with E-state index in [1.807, 2.05) is 54.6 Å². The lowest BCUT2D eigenvalue weighted by Gasteiger charge is -2.40. The number of nitrogens with zero attached hydrogens (tertiary/aromatic N) is 1. The van der Waals surface area contributed by atoms with Crippen LogP contribution in [0.25, 0.3) is 0 Å². The average Bonchev–Trinajstić information content (AvgIpc) is 3.81. The fourth-order valence-electron chi connectivity index (χ4n) is 6.44. The van der Waals surface area contributed by atoms with Gasteiger partial charge in [-0.25, -0.2) is 0 Å². The van der Waals surface area contributed by atoms with E-state index >= 15 is 0 Å². The first-order valence-corrected chi connectivity index (χ1v) is 21.6. The van der Waals surface area contributed by atoms with Gasteiger partial charge in [0.2, 0.25) is 0 Å². The zero-order valence-electron chi connectivity index (χ0n) is 33.7. The van der Waals surface area contributed by atoms with Gasteiger partial charge in [-0.15, -0.1) is 6.58 Å². The largest absolute Gasteiger partial charge is 0.468 e. The summed E-state index contributed by atoms with van der Waals surface area (Å²) in [6.07, 6.45) is 14.2. The number of carbonyl (C=O) groups excluding carboxylic acids is 3. The van der Waals surface area contributed by atoms with Crippen LogP contribution >= 0.6 is 0 Å². The third-order valence-electron chi connectivity index (χ3n) is 10.9. The van der Waals surface area contributed by atoms with Gasteiger partial charge in [-0.05, 0) is 54.9 Å². The topological polar surface area (TPSA) is 103 Å². The first kappa shape index (κ1) is 44.3. The molecule has 0 saturated heterocycles. The molecular weight excluding hydrogens is 697 g/mol. The molecule has 1 N–H and O–H groups in total. The van der Waals surface area contributed by atoms with Crippen LogP contribution in [0.2, 0.25) is 18.1 Å². The Balaban J connectivity index is 1.74. The third-order valence-corrected chi connectivity index (χ3v) is 15.3. The lowest BCUT2D eigenvalue weighted by atomic mass is 9.80. The summed E-state index contributed by atoms with van der Waals surface area (Å²) in [7, 11) is 1.63. The van der Waals surface area contributed by atoms with E-state index in [1.165, 1.54) is 32.5 Å². The van der Waals surface area contributed by atoms with Gasteiger partial charge in [0.05, 0.1) is 26.9 Å². The molecule has 2 aromatic carbocycles. The minimum Gasteiger partial charge on any atom is -0.468 e. The van der Waals surface area contributed by atoms with Crippen LogP contribution in [0.5, 0.6) is 0 Å². The number of esters is 3. The molecule has 9 nitrogen and oxygen atoms in total. The highest BCUT2D eigenvalue weighted by Crippen LogP contribution is 2.65. The van der Waals surface area contributed by atoms with Gasteiger partial charge in [0.15, 0.2) is 13.7 Å². The molecular formula is C44H62N2O7Si. The monoisotopic (exact) mass is 758 g/mol. The number of hydrogen-bond acceptors (Lipinski definition) is 9. The van der Waals surface area contributed by atoms with E-state index in [9.17, 15) is 14.4 Å². The molecule has 0 radical (unpaired) electrons. The van der Waals surface area contributed by atoms with Gasteiger partial charge in [-0.3, -0.25) is 19.3 Å². The highest BCUT2D eigenvalue weighted by molar-refractivity contribution is 6.74. The lowest BCUT2D eigenvalue weighted by Crippen LogP contribution is -2.46. The summed E-state index contributed by atoms with van der Waals surface area (Å²) < 4.78 is 22.4. The number of nitrogens with one attached hydrogen (secondary N) is 1. The van der Waals surface area contributed by atoms with Crippen LogP contribution in [0.3, 0.4) is 0 Å². The molecule has 1 aliphatic rings. The fourth-order valence-corrected chi connectivity index (χ4v) is 8.01. The molecule has 0 aromatic heterocycles. The van der Waals surface area contributed by atoms with Crippen LogP contribution < -0.4 is 5.32 Å². The molecule has 1 aliphatic carbocycles. The Hall–Kier alpha value is -4.09. The summed E-state index contributed by atoms with van der Waals surface area (Å²) in [5, 5.41) is 3.37. The second kappa shape index (κ2) is 20.0. The highest BCUT2D eigenvalue weighted by Gasteiger charge is 2.73. The first-order chi connectivity index (χ1) is 25.7. The number of rotatable bonds is 22. The second-order valence-corrected chi connectivity index (χ2v) is 20.3. The summed E-state index contributed by atoms with van der Waals surface area (Å²) in [5.74, 6) is -1.75. The van der Waals surface area contributed by atoms with E-state index in [0.29, 0.717) is 19.5 Å². The van der Waals surface area contributed by atoms with Crippen molar-refractivity contribution in [1.29, 1.82) is 0 Å². The summed E-state index contributed by atoms with van der Waals surface area (Å²) in [5.41, 5.74) is -1.01. The van der Waals surface area contributed by atoms with E-state index in [4.69, 9.17) is 18.6 Å². The standard InChI is InChI=1S/C44H62N2O7Si/c1-10-44(53-54(8,9)41(2,3)4)35-43(44,40(49)52-7)29-18-17-27-42(38(47)50-5,39(48)51-6)28-19-21-31-46(34-37-25-15-12-16-26-37)32-22-20-30-45-33-36-23-13-11-14-24-36/h10-26,45H,1,27-35H2,2-9H3/b18-17+,21-19+,22-20+/t43-,44+/m0/s1. The zero-order valence-corrected chi connectivity index (χ0v) is 34.7. The van der Waals surface area contributed by atoms with Gasteiger partial charge in [0.25, 0.3) is 0 Å². The van der Waals surface area contributed by atoms with Gasteiger partial charge in [-0.2, -0.15) is 0 Å². The van der Waals surface area contributed by atoms with Crippen LogP contribution in [0.1, 0.15) is 57.6 Å². The van der Waals surface area contributed by atoms with Crippen molar-refractivity contribution >= 4 is 26.2 Å². The summed E-state index contributed by atoms with van der Waals surface area (Å²) in [4.78, 5) is 42.3. The molecule has 0 bridgehead atoms. The number of hydrogen-bond donors (Lipinski definition) is 1. The van der Waals surface area contributed by atoms with E-state index in [2.05, 4.69) is 87.1 Å². The molecule has 0 spiro atoms. The van der Waals surface area contributed by atoms with Crippen molar-refractivity contribution in [2.75, 3.05) is 41.0 Å². The summed E-state index contributed by atoms with van der Waals surface area (Å²) in [6, 6.07) is 20.5. The molecule has 0 unspecified atom stereocenters. The van der Waals surface area contributed by atoms with Crippen LogP contribution in [0.15, 0.2) is 110 Å². The minimum atomic E-state index is -2.28. The predicted molar refractivity (Wildman–Crippen MR) is 218 cm³/mol. The van der Waals surface area contributed by atoms with Gasteiger partial charge in [0.1, 0.15) is 5.41 Å². The number of allylic oxidation sites excluding steroid dienone is 3. The van der Waals surface area contributed by atoms with E-state index in [0.717, 1.165) is 19.6 Å². The Bertz CT molecular complexity index is 1600. The molecule has 2 aromatic rings. The van der Waals surface area contributed by atoms with Crippen molar-refractivity contribution in [1.82, 2.24) is 10.2 Å². The molecule has 1 fully saturated rings. The van der Waals surface area contributed by atoms with Crippen molar-refractivity contribution in [2.24, 2.45) is 10.8 Å². The number of methoxy groups -OCH3 is 3. The SMILES string of the molecule is C=C[C@@]1(O[Si](C)(C)C(C)(C)C)C[C@@]1(C/C=C/CC(C/C=C/CN(C/C=C/CNCc1ccccc1)Cc1ccccc1)(C(=O)OC)C(=O)OC)C(=O)OC. The van der Waals surface area contributed by atoms with Gasteiger partial charge < -0.3 is 24.0 Å². The maximum Gasteiger partial charge on any atom is 0.323 e. The maximum absolute atomic E-state index is 13.4. The smallest absolute Gasteiger partial charge is 0.323 e.